The van der Waals surface area contributed by atoms with Gasteiger partial charge in [-0.25, -0.2) is 13.2 Å². The molecule has 0 spiro atoms. The minimum Gasteiger partial charge on any atom is -0.464 e. The number of halogens is 3. The minimum atomic E-state index is -2.51. The van der Waals surface area contributed by atoms with Crippen LogP contribution in [0.5, 0.6) is 0 Å². The van der Waals surface area contributed by atoms with Crippen molar-refractivity contribution in [2.45, 2.75) is 50.5 Å². The third-order valence-electron chi connectivity index (χ3n) is 7.74. The Balaban J connectivity index is 1.62. The topological polar surface area (TPSA) is 71.3 Å². The van der Waals surface area contributed by atoms with E-state index >= 15 is 0 Å². The molecule has 0 radical (unpaired) electrons. The number of carbonyl (C=O) groups excluding carboxylic acids is 2. The van der Waals surface area contributed by atoms with Gasteiger partial charge < -0.3 is 15.1 Å². The summed E-state index contributed by atoms with van der Waals surface area (Å²) in [5.41, 5.74) is 2.88. The molecule has 4 aliphatic carbocycles. The van der Waals surface area contributed by atoms with E-state index in [1.807, 2.05) is 12.2 Å². The maximum Gasteiger partial charge on any atom is 0.254 e. The third kappa shape index (κ3) is 5.91. The highest BCUT2D eigenvalue weighted by Crippen LogP contribution is 2.57. The Labute approximate surface area is 231 Å². The lowest BCUT2D eigenvalue weighted by molar-refractivity contribution is -0.128. The number of nitrogens with one attached hydrogen (secondary N) is 2. The molecule has 1 heterocycles. The van der Waals surface area contributed by atoms with E-state index in [9.17, 15) is 22.8 Å². The Kier molecular flexibility index (Phi) is 7.96. The lowest BCUT2D eigenvalue weighted by Crippen LogP contribution is -2.68. The molecule has 8 heteroatoms. The molecular formula is C32H31F3N2O3. The Morgan fingerprint density at radius 3 is 2.45 bits per heavy atom. The van der Waals surface area contributed by atoms with Gasteiger partial charge in [0.1, 0.15) is 11.6 Å². The number of rotatable bonds is 8. The van der Waals surface area contributed by atoms with Crippen molar-refractivity contribution in [3.8, 4) is 11.3 Å². The molecule has 2 bridgehead atoms. The highest BCUT2D eigenvalue weighted by molar-refractivity contribution is 6.01. The van der Waals surface area contributed by atoms with Crippen LogP contribution in [0.15, 0.2) is 83.0 Å². The van der Waals surface area contributed by atoms with E-state index in [1.54, 1.807) is 30.4 Å². The normalized spacial score (nSPS) is 20.8. The average Bonchev–Trinajstić information content (AvgIpc) is 3.10. The predicted octanol–water partition coefficient (Wildman–Crippen LogP) is 6.71. The van der Waals surface area contributed by atoms with Crippen LogP contribution in [0.1, 0.15) is 53.6 Å². The zero-order valence-electron chi connectivity index (χ0n) is 22.2. The molecule has 2 N–H and O–H groups in total. The van der Waals surface area contributed by atoms with E-state index in [2.05, 4.69) is 10.6 Å². The highest BCUT2D eigenvalue weighted by atomic mass is 19.3. The SMILES string of the molecule is CNC(=O)c1ccc(C2=CCC=CC(C(=O)NC34CC(C3)C4)=C2)c(CCC(F)F)ccoc1-c1ccc(F)cc1. The molecular weight excluding hydrogens is 517 g/mol. The van der Waals surface area contributed by atoms with Crippen molar-refractivity contribution in [2.24, 2.45) is 5.92 Å². The summed E-state index contributed by atoms with van der Waals surface area (Å²) in [6.07, 6.45) is 9.46. The fourth-order valence-electron chi connectivity index (χ4n) is 5.53. The van der Waals surface area contributed by atoms with E-state index in [1.165, 1.54) is 37.6 Å². The number of hydrogen-bond acceptors (Lipinski definition) is 3. The molecule has 3 fully saturated rings. The first-order valence-electron chi connectivity index (χ1n) is 13.4. The largest absolute Gasteiger partial charge is 0.464 e. The summed E-state index contributed by atoms with van der Waals surface area (Å²) in [7, 11) is 1.48. The van der Waals surface area contributed by atoms with E-state index < -0.39 is 18.1 Å². The van der Waals surface area contributed by atoms with Gasteiger partial charge in [-0.05, 0) is 97.2 Å². The summed E-state index contributed by atoms with van der Waals surface area (Å²) in [4.78, 5) is 26.1. The zero-order valence-corrected chi connectivity index (χ0v) is 22.2. The van der Waals surface area contributed by atoms with Crippen molar-refractivity contribution in [3.05, 3.63) is 101 Å². The molecule has 40 heavy (non-hydrogen) atoms. The van der Waals surface area contributed by atoms with Gasteiger partial charge >= 0.3 is 0 Å². The summed E-state index contributed by atoms with van der Waals surface area (Å²) in [6, 6.07) is 10.4. The van der Waals surface area contributed by atoms with Gasteiger partial charge in [-0.15, -0.1) is 0 Å². The number of amides is 2. The second-order valence-corrected chi connectivity index (χ2v) is 10.6. The van der Waals surface area contributed by atoms with Gasteiger partial charge in [-0.1, -0.05) is 24.3 Å². The van der Waals surface area contributed by atoms with Gasteiger partial charge in [0.25, 0.3) is 11.8 Å². The Morgan fingerprint density at radius 1 is 1.05 bits per heavy atom. The number of benzene rings is 1. The average molecular weight is 549 g/mol. The van der Waals surface area contributed by atoms with Gasteiger partial charge in [-0.2, -0.15) is 0 Å². The molecule has 5 nitrogen and oxygen atoms in total. The molecule has 1 aromatic heterocycles. The maximum absolute atomic E-state index is 13.6. The van der Waals surface area contributed by atoms with E-state index in [0.717, 1.165) is 25.2 Å². The van der Waals surface area contributed by atoms with Crippen LogP contribution in [0.3, 0.4) is 0 Å². The standard InChI is InChI=1S/C32H31F3N2O3/c1-36-31(39)27-12-11-26(23-4-2-3-5-24(16-23)30(38)37-32-17-20(18-32)19-32)21(8-13-28(34)35)14-15-40-29(27)22-6-9-25(33)10-7-22/h3-7,9-12,14-16,20,28H,2,8,13,17-19H2,1H3,(H,36,39)(H,37,38). The van der Waals surface area contributed by atoms with E-state index in [0.29, 0.717) is 34.3 Å². The number of carbonyl (C=O) groups is 2. The molecule has 1 aromatic carbocycles. The molecule has 0 atom stereocenters. The van der Waals surface area contributed by atoms with Gasteiger partial charge in [-0.3, -0.25) is 9.59 Å². The number of allylic oxidation sites excluding steroid dienone is 4. The molecule has 0 aliphatic heterocycles. The van der Waals surface area contributed by atoms with Crippen LogP contribution in [-0.2, 0) is 11.2 Å². The quantitative estimate of drug-likeness (QED) is 0.385. The summed E-state index contributed by atoms with van der Waals surface area (Å²) in [6.45, 7) is 0. The fraction of sp³-hybridized carbons (Fsp3) is 0.312. The van der Waals surface area contributed by atoms with E-state index in [4.69, 9.17) is 4.42 Å². The predicted molar refractivity (Wildman–Crippen MR) is 147 cm³/mol. The molecule has 2 amide bonds. The highest BCUT2D eigenvalue weighted by Gasteiger charge is 2.57. The van der Waals surface area contributed by atoms with Gasteiger partial charge in [0.05, 0.1) is 11.8 Å². The smallest absolute Gasteiger partial charge is 0.254 e. The second-order valence-electron chi connectivity index (χ2n) is 10.6. The monoisotopic (exact) mass is 548 g/mol. The van der Waals surface area contributed by atoms with Crippen LogP contribution in [0.2, 0.25) is 0 Å². The van der Waals surface area contributed by atoms with Crippen LogP contribution in [0, 0.1) is 11.7 Å². The number of alkyl halides is 2. The van der Waals surface area contributed by atoms with Crippen molar-refractivity contribution >= 4 is 17.4 Å². The van der Waals surface area contributed by atoms with Crippen LogP contribution in [0.25, 0.3) is 16.9 Å². The van der Waals surface area contributed by atoms with Crippen molar-refractivity contribution < 1.29 is 27.2 Å². The van der Waals surface area contributed by atoms with E-state index in [-0.39, 0.29) is 35.6 Å². The summed E-state index contributed by atoms with van der Waals surface area (Å²) >= 11 is 0. The Bertz CT molecular complexity index is 1440. The van der Waals surface area contributed by atoms with Crippen molar-refractivity contribution in [2.75, 3.05) is 7.05 Å². The summed E-state index contributed by atoms with van der Waals surface area (Å²) in [5.74, 6) is -0.130. The maximum atomic E-state index is 13.6. The molecule has 6 rings (SSSR count). The summed E-state index contributed by atoms with van der Waals surface area (Å²) in [5, 5.41) is 5.78. The number of aryl methyl sites for hydroxylation is 1. The van der Waals surface area contributed by atoms with Crippen molar-refractivity contribution in [3.63, 3.8) is 0 Å². The lowest BCUT2D eigenvalue weighted by Gasteiger charge is -2.61. The first-order chi connectivity index (χ1) is 19.3. The zero-order chi connectivity index (χ0) is 28.3. The lowest BCUT2D eigenvalue weighted by atomic mass is 9.50. The molecule has 3 saturated carbocycles. The van der Waals surface area contributed by atoms with Crippen LogP contribution >= 0.6 is 0 Å². The number of hydrogen-bond donors (Lipinski definition) is 2. The molecule has 4 aliphatic rings. The molecule has 208 valence electrons. The van der Waals surface area contributed by atoms with Gasteiger partial charge in [0.15, 0.2) is 0 Å². The van der Waals surface area contributed by atoms with Crippen LogP contribution in [-0.4, -0.2) is 30.8 Å². The van der Waals surface area contributed by atoms with Crippen molar-refractivity contribution in [1.82, 2.24) is 10.6 Å². The first kappa shape index (κ1) is 27.5. The Hall–Kier alpha value is -4.07. The van der Waals surface area contributed by atoms with Crippen LogP contribution < -0.4 is 10.6 Å². The third-order valence-corrected chi connectivity index (χ3v) is 7.74. The van der Waals surface area contributed by atoms with Gasteiger partial charge in [0.2, 0.25) is 6.43 Å². The Morgan fingerprint density at radius 2 is 1.80 bits per heavy atom. The minimum absolute atomic E-state index is 0.0447. The fourth-order valence-corrected chi connectivity index (χ4v) is 5.53. The molecule has 0 saturated heterocycles. The molecule has 2 aromatic rings. The molecule has 0 unspecified atom stereocenters. The van der Waals surface area contributed by atoms with Crippen molar-refractivity contribution in [1.29, 1.82) is 0 Å². The second kappa shape index (κ2) is 11.6. The summed E-state index contributed by atoms with van der Waals surface area (Å²) < 4.78 is 46.1. The first-order valence-corrected chi connectivity index (χ1v) is 13.4. The van der Waals surface area contributed by atoms with Gasteiger partial charge in [0, 0.05) is 30.1 Å². The van der Waals surface area contributed by atoms with Crippen LogP contribution in [0.4, 0.5) is 13.2 Å².